The van der Waals surface area contributed by atoms with E-state index in [1.54, 1.807) is 0 Å². The van der Waals surface area contributed by atoms with Crippen LogP contribution in [0.15, 0.2) is 0 Å². The smallest absolute Gasteiger partial charge is 0.405 e. The van der Waals surface area contributed by atoms with Gasteiger partial charge in [-0.25, -0.2) is 17.9 Å². The first kappa shape index (κ1) is 12.1. The van der Waals surface area contributed by atoms with Crippen LogP contribution in [0.25, 0.3) is 0 Å². The fraction of sp³-hybridized carbons (Fsp3) is 0.800. The third kappa shape index (κ3) is 7.50. The maximum Gasteiger partial charge on any atom is 0.405 e. The highest BCUT2D eigenvalue weighted by atomic mass is 32.2. The maximum atomic E-state index is 10.6. The molecule has 0 saturated carbocycles. The van der Waals surface area contributed by atoms with E-state index in [2.05, 4.69) is 4.72 Å². The lowest BCUT2D eigenvalue weighted by atomic mass is 10.3. The van der Waals surface area contributed by atoms with Crippen molar-refractivity contribution in [3.05, 3.63) is 0 Å². The van der Waals surface area contributed by atoms with E-state index in [-0.39, 0.29) is 6.54 Å². The number of carboxylic acid groups (broad SMARTS) is 1. The Bertz CT molecular complexity index is 262. The highest BCUT2D eigenvalue weighted by Gasteiger charge is 2.11. The van der Waals surface area contributed by atoms with Crippen LogP contribution in [0.1, 0.15) is 0 Å². The fourth-order valence-electron chi connectivity index (χ4n) is 0.588. The van der Waals surface area contributed by atoms with Crippen molar-refractivity contribution in [2.24, 2.45) is 0 Å². The number of hydrogen-bond acceptors (Lipinski definition) is 4. The van der Waals surface area contributed by atoms with Crippen molar-refractivity contribution < 1.29 is 23.4 Å². The third-order valence-electron chi connectivity index (χ3n) is 1.14. The molecule has 1 amide bonds. The second-order valence-corrected chi connectivity index (χ2v) is 4.28. The Hall–Kier alpha value is -0.860. The summed E-state index contributed by atoms with van der Waals surface area (Å²) < 4.78 is 23.2. The molecule has 0 aliphatic carbocycles. The van der Waals surface area contributed by atoms with E-state index in [1.807, 2.05) is 5.32 Å². The molecule has 0 saturated heterocycles. The molecule has 0 aromatic heterocycles. The molecule has 0 aromatic rings. The lowest BCUT2D eigenvalue weighted by Gasteiger charge is -2.13. The van der Waals surface area contributed by atoms with Crippen LogP contribution >= 0.6 is 0 Å². The van der Waals surface area contributed by atoms with Crippen LogP contribution < -0.4 is 10.0 Å². The molecule has 7 nitrogen and oxygen atoms in total. The summed E-state index contributed by atoms with van der Waals surface area (Å²) in [4.78, 5) is 10.1. The number of aliphatic hydroxyl groups is 1. The highest BCUT2D eigenvalue weighted by Crippen LogP contribution is 1.82. The summed E-state index contributed by atoms with van der Waals surface area (Å²) in [5, 5.41) is 18.8. The molecular weight excluding hydrogens is 200 g/mol. The summed E-state index contributed by atoms with van der Waals surface area (Å²) in [7, 11) is -3.36. The van der Waals surface area contributed by atoms with Crippen LogP contribution in [0, 0.1) is 0 Å². The third-order valence-corrected chi connectivity index (χ3v) is 1.83. The quantitative estimate of drug-likeness (QED) is 0.427. The van der Waals surface area contributed by atoms with Gasteiger partial charge in [0.1, 0.15) is 0 Å². The molecule has 0 aromatic carbocycles. The zero-order chi connectivity index (χ0) is 10.5. The Morgan fingerprint density at radius 1 is 1.54 bits per heavy atom. The Labute approximate surface area is 75.8 Å². The van der Waals surface area contributed by atoms with Crippen molar-refractivity contribution in [1.29, 1.82) is 0 Å². The average Bonchev–Trinajstić information content (AvgIpc) is 1.95. The Morgan fingerprint density at radius 2 is 2.08 bits per heavy atom. The molecular formula is C5H12N2O5S. The van der Waals surface area contributed by atoms with E-state index in [0.717, 1.165) is 6.26 Å². The second-order valence-electron chi connectivity index (χ2n) is 2.45. The molecule has 13 heavy (non-hydrogen) atoms. The summed E-state index contributed by atoms with van der Waals surface area (Å²) in [5.41, 5.74) is 0. The van der Waals surface area contributed by atoms with E-state index < -0.39 is 28.8 Å². The van der Waals surface area contributed by atoms with E-state index in [4.69, 9.17) is 10.2 Å². The molecule has 4 N–H and O–H groups in total. The van der Waals surface area contributed by atoms with Gasteiger partial charge < -0.3 is 15.5 Å². The number of nitrogens with one attached hydrogen (secondary N) is 2. The number of carbonyl (C=O) groups is 1. The van der Waals surface area contributed by atoms with Gasteiger partial charge in [-0.15, -0.1) is 0 Å². The topological polar surface area (TPSA) is 116 Å². The lowest BCUT2D eigenvalue weighted by Crippen LogP contribution is -2.45. The molecule has 0 radical (unpaired) electrons. The number of amides is 1. The highest BCUT2D eigenvalue weighted by molar-refractivity contribution is 7.88. The Morgan fingerprint density at radius 3 is 2.38 bits per heavy atom. The predicted molar refractivity (Wildman–Crippen MR) is 44.9 cm³/mol. The van der Waals surface area contributed by atoms with E-state index in [1.165, 1.54) is 0 Å². The van der Waals surface area contributed by atoms with Gasteiger partial charge in [-0.2, -0.15) is 0 Å². The van der Waals surface area contributed by atoms with Crippen LogP contribution in [0.2, 0.25) is 0 Å². The van der Waals surface area contributed by atoms with Crippen molar-refractivity contribution in [3.8, 4) is 0 Å². The SMILES string of the molecule is CS(=O)(=O)NC[C@H](CO)NC(=O)O. The first-order valence-electron chi connectivity index (χ1n) is 3.40. The van der Waals surface area contributed by atoms with E-state index in [0.29, 0.717) is 0 Å². The van der Waals surface area contributed by atoms with Crippen LogP contribution in [0.4, 0.5) is 4.79 Å². The van der Waals surface area contributed by atoms with E-state index >= 15 is 0 Å². The molecule has 0 spiro atoms. The van der Waals surface area contributed by atoms with Gasteiger partial charge in [0.15, 0.2) is 0 Å². The molecule has 0 aliphatic rings. The number of hydrogen-bond donors (Lipinski definition) is 4. The van der Waals surface area contributed by atoms with Crippen molar-refractivity contribution in [1.82, 2.24) is 10.0 Å². The van der Waals surface area contributed by atoms with Crippen LogP contribution in [0.3, 0.4) is 0 Å². The standard InChI is InChI=1S/C5H12N2O5S/c1-13(11,12)6-2-4(3-8)7-5(9)10/h4,6-8H,2-3H2,1H3,(H,9,10)/t4-/m1/s1. The molecule has 0 aliphatic heterocycles. The van der Waals surface area contributed by atoms with Crippen molar-refractivity contribution in [2.75, 3.05) is 19.4 Å². The molecule has 0 heterocycles. The largest absolute Gasteiger partial charge is 0.465 e. The molecule has 0 rings (SSSR count). The summed E-state index contributed by atoms with van der Waals surface area (Å²) in [6, 6.07) is -0.827. The zero-order valence-corrected chi connectivity index (χ0v) is 7.84. The first-order valence-corrected chi connectivity index (χ1v) is 5.29. The van der Waals surface area contributed by atoms with Gasteiger partial charge in [0.25, 0.3) is 0 Å². The minimum Gasteiger partial charge on any atom is -0.465 e. The summed E-state index contributed by atoms with van der Waals surface area (Å²) >= 11 is 0. The van der Waals surface area contributed by atoms with Crippen LogP contribution in [-0.4, -0.2) is 50.2 Å². The van der Waals surface area contributed by atoms with Gasteiger partial charge in [0, 0.05) is 6.54 Å². The number of sulfonamides is 1. The minimum atomic E-state index is -3.36. The van der Waals surface area contributed by atoms with Gasteiger partial charge in [-0.1, -0.05) is 0 Å². The Kier molecular flexibility index (Phi) is 4.67. The van der Waals surface area contributed by atoms with Gasteiger partial charge in [0.2, 0.25) is 10.0 Å². The fourth-order valence-corrected chi connectivity index (χ4v) is 1.09. The van der Waals surface area contributed by atoms with Crippen molar-refractivity contribution in [2.45, 2.75) is 6.04 Å². The van der Waals surface area contributed by atoms with Gasteiger partial charge in [-0.3, -0.25) is 0 Å². The Balaban J connectivity index is 3.93. The van der Waals surface area contributed by atoms with Crippen molar-refractivity contribution >= 4 is 16.1 Å². The van der Waals surface area contributed by atoms with Crippen molar-refractivity contribution in [3.63, 3.8) is 0 Å². The molecule has 0 bridgehead atoms. The van der Waals surface area contributed by atoms with Crippen LogP contribution in [0.5, 0.6) is 0 Å². The summed E-state index contributed by atoms with van der Waals surface area (Å²) in [5.74, 6) is 0. The van der Waals surface area contributed by atoms with E-state index in [9.17, 15) is 13.2 Å². The summed E-state index contributed by atoms with van der Waals surface area (Å²) in [6.07, 6.45) is -0.364. The zero-order valence-electron chi connectivity index (χ0n) is 7.02. The van der Waals surface area contributed by atoms with Gasteiger partial charge >= 0.3 is 6.09 Å². The maximum absolute atomic E-state index is 10.6. The normalized spacial score (nSPS) is 13.7. The second kappa shape index (κ2) is 5.00. The van der Waals surface area contributed by atoms with Gasteiger partial charge in [0.05, 0.1) is 18.9 Å². The molecule has 0 unspecified atom stereocenters. The molecule has 8 heteroatoms. The number of rotatable bonds is 5. The van der Waals surface area contributed by atoms with Crippen LogP contribution in [-0.2, 0) is 10.0 Å². The first-order chi connectivity index (χ1) is 5.85. The molecule has 1 atom stereocenters. The number of aliphatic hydroxyl groups excluding tert-OH is 1. The summed E-state index contributed by atoms with van der Waals surface area (Å²) in [6.45, 7) is -0.629. The van der Waals surface area contributed by atoms with Gasteiger partial charge in [-0.05, 0) is 0 Å². The lowest BCUT2D eigenvalue weighted by molar-refractivity contribution is 0.177. The monoisotopic (exact) mass is 212 g/mol. The molecule has 0 fully saturated rings. The molecule has 78 valence electrons. The average molecular weight is 212 g/mol. The minimum absolute atomic E-state index is 0.165. The predicted octanol–water partition coefficient (Wildman–Crippen LogP) is -1.84.